The Labute approximate surface area is 116 Å². The summed E-state index contributed by atoms with van der Waals surface area (Å²) < 4.78 is 0. The van der Waals surface area contributed by atoms with Crippen molar-refractivity contribution in [3.8, 4) is 0 Å². The summed E-state index contributed by atoms with van der Waals surface area (Å²) in [6, 6.07) is 1.21. The zero-order valence-corrected chi connectivity index (χ0v) is 12.6. The van der Waals surface area contributed by atoms with Crippen LogP contribution in [0.5, 0.6) is 0 Å². The van der Waals surface area contributed by atoms with Gasteiger partial charge in [-0.15, -0.1) is 0 Å². The molecule has 1 aliphatic rings. The molecule has 0 bridgehead atoms. The van der Waals surface area contributed by atoms with Gasteiger partial charge >= 0.3 is 0 Å². The molecule has 1 fully saturated rings. The Kier molecular flexibility index (Phi) is 4.75. The van der Waals surface area contributed by atoms with Gasteiger partial charge in [0.25, 0.3) is 0 Å². The monoisotopic (exact) mass is 262 g/mol. The predicted octanol–water partition coefficient (Wildman–Crippen LogP) is 2.66. The Morgan fingerprint density at radius 1 is 1.42 bits per heavy atom. The average Bonchev–Trinajstić information content (AvgIpc) is 3.22. The zero-order chi connectivity index (χ0) is 13.8. The third kappa shape index (κ3) is 3.66. The minimum absolute atomic E-state index is 0.486. The van der Waals surface area contributed by atoms with E-state index in [0.717, 1.165) is 37.2 Å². The molecular formula is C15H26N4. The van der Waals surface area contributed by atoms with Crippen LogP contribution in [0.1, 0.15) is 51.3 Å². The van der Waals surface area contributed by atoms with Crippen molar-refractivity contribution >= 4 is 5.95 Å². The van der Waals surface area contributed by atoms with Crippen molar-refractivity contribution in [2.24, 2.45) is 0 Å². The molecule has 106 valence electrons. The van der Waals surface area contributed by atoms with Gasteiger partial charge in [-0.2, -0.15) is 0 Å². The van der Waals surface area contributed by atoms with Crippen LogP contribution in [0.15, 0.2) is 6.20 Å². The first kappa shape index (κ1) is 14.3. The van der Waals surface area contributed by atoms with Crippen LogP contribution in [0.25, 0.3) is 0 Å². The molecule has 0 aliphatic heterocycles. The van der Waals surface area contributed by atoms with E-state index in [0.29, 0.717) is 6.04 Å². The van der Waals surface area contributed by atoms with Gasteiger partial charge in [-0.3, -0.25) is 0 Å². The van der Waals surface area contributed by atoms with Crippen LogP contribution >= 0.6 is 0 Å². The Hall–Kier alpha value is -1.16. The lowest BCUT2D eigenvalue weighted by atomic mass is 10.2. The first-order valence-electron chi connectivity index (χ1n) is 7.48. The zero-order valence-electron chi connectivity index (χ0n) is 12.6. The lowest BCUT2D eigenvalue weighted by molar-refractivity contribution is 0.611. The summed E-state index contributed by atoms with van der Waals surface area (Å²) in [6.07, 6.45) is 5.73. The van der Waals surface area contributed by atoms with E-state index in [4.69, 9.17) is 0 Å². The molecule has 2 rings (SSSR count). The molecular weight excluding hydrogens is 236 g/mol. The van der Waals surface area contributed by atoms with Crippen molar-refractivity contribution in [3.63, 3.8) is 0 Å². The first-order valence-corrected chi connectivity index (χ1v) is 7.48. The number of aromatic nitrogens is 2. The maximum Gasteiger partial charge on any atom is 0.225 e. The molecule has 1 aromatic rings. The SMILES string of the molecule is CCC(C)N(CC)c1ncc(CNC2CC2)c(C)n1. The molecule has 1 unspecified atom stereocenters. The van der Waals surface area contributed by atoms with Gasteiger partial charge < -0.3 is 10.2 Å². The summed E-state index contributed by atoms with van der Waals surface area (Å²) in [6.45, 7) is 10.5. The van der Waals surface area contributed by atoms with Crippen LogP contribution in [0.4, 0.5) is 5.95 Å². The highest BCUT2D eigenvalue weighted by Gasteiger charge is 2.21. The second-order valence-electron chi connectivity index (χ2n) is 5.48. The first-order chi connectivity index (χ1) is 9.15. The Morgan fingerprint density at radius 3 is 2.68 bits per heavy atom. The lowest BCUT2D eigenvalue weighted by Crippen LogP contribution is -2.34. The molecule has 0 spiro atoms. The van der Waals surface area contributed by atoms with Gasteiger partial charge in [0, 0.05) is 42.6 Å². The standard InChI is InChI=1S/C15H26N4/c1-5-11(3)19(6-2)15-17-10-13(12(4)18-15)9-16-14-7-8-14/h10-11,14,16H,5-9H2,1-4H3. The number of nitrogens with one attached hydrogen (secondary N) is 1. The third-order valence-corrected chi connectivity index (χ3v) is 3.95. The van der Waals surface area contributed by atoms with Crippen molar-refractivity contribution in [2.45, 2.75) is 65.6 Å². The second kappa shape index (κ2) is 6.33. The van der Waals surface area contributed by atoms with E-state index in [1.54, 1.807) is 0 Å². The third-order valence-electron chi connectivity index (χ3n) is 3.95. The van der Waals surface area contributed by atoms with Crippen LogP contribution < -0.4 is 10.2 Å². The van der Waals surface area contributed by atoms with E-state index in [1.165, 1.54) is 18.4 Å². The minimum atomic E-state index is 0.486. The van der Waals surface area contributed by atoms with Crippen LogP contribution in [0.3, 0.4) is 0 Å². The predicted molar refractivity (Wildman–Crippen MR) is 79.4 cm³/mol. The van der Waals surface area contributed by atoms with Crippen molar-refractivity contribution < 1.29 is 0 Å². The topological polar surface area (TPSA) is 41.1 Å². The van der Waals surface area contributed by atoms with Gasteiger partial charge in [0.15, 0.2) is 0 Å². The Bertz CT molecular complexity index is 415. The lowest BCUT2D eigenvalue weighted by Gasteiger charge is -2.27. The fourth-order valence-corrected chi connectivity index (χ4v) is 2.20. The van der Waals surface area contributed by atoms with Gasteiger partial charge in [-0.25, -0.2) is 9.97 Å². The molecule has 0 saturated heterocycles. The van der Waals surface area contributed by atoms with E-state index in [-0.39, 0.29) is 0 Å². The number of hydrogen-bond acceptors (Lipinski definition) is 4. The van der Waals surface area contributed by atoms with Crippen molar-refractivity contribution in [1.29, 1.82) is 0 Å². The molecule has 19 heavy (non-hydrogen) atoms. The molecule has 1 aliphatic carbocycles. The van der Waals surface area contributed by atoms with Crippen LogP contribution in [-0.2, 0) is 6.54 Å². The summed E-state index contributed by atoms with van der Waals surface area (Å²) in [5, 5.41) is 3.52. The number of aryl methyl sites for hydroxylation is 1. The van der Waals surface area contributed by atoms with Crippen molar-refractivity contribution in [3.05, 3.63) is 17.5 Å². The highest BCUT2D eigenvalue weighted by Crippen LogP contribution is 2.20. The van der Waals surface area contributed by atoms with E-state index < -0.39 is 0 Å². The quantitative estimate of drug-likeness (QED) is 0.820. The van der Waals surface area contributed by atoms with Gasteiger partial charge in [-0.1, -0.05) is 6.92 Å². The molecule has 4 heteroatoms. The van der Waals surface area contributed by atoms with E-state index in [1.807, 2.05) is 6.20 Å². The Morgan fingerprint density at radius 2 is 2.16 bits per heavy atom. The van der Waals surface area contributed by atoms with Crippen LogP contribution in [0, 0.1) is 6.92 Å². The summed E-state index contributed by atoms with van der Waals surface area (Å²) in [5.41, 5.74) is 2.32. The van der Waals surface area contributed by atoms with Gasteiger partial charge in [-0.05, 0) is 40.0 Å². The maximum atomic E-state index is 4.69. The van der Waals surface area contributed by atoms with E-state index >= 15 is 0 Å². The largest absolute Gasteiger partial charge is 0.338 e. The number of hydrogen-bond donors (Lipinski definition) is 1. The average molecular weight is 262 g/mol. The molecule has 0 amide bonds. The summed E-state index contributed by atoms with van der Waals surface area (Å²) in [5.74, 6) is 0.865. The fourth-order valence-electron chi connectivity index (χ4n) is 2.20. The van der Waals surface area contributed by atoms with Gasteiger partial charge in [0.1, 0.15) is 0 Å². The summed E-state index contributed by atoms with van der Waals surface area (Å²) >= 11 is 0. The fraction of sp³-hybridized carbons (Fsp3) is 0.733. The smallest absolute Gasteiger partial charge is 0.225 e. The van der Waals surface area contributed by atoms with E-state index in [2.05, 4.69) is 47.9 Å². The highest BCUT2D eigenvalue weighted by atomic mass is 15.3. The molecule has 4 nitrogen and oxygen atoms in total. The number of anilines is 1. The maximum absolute atomic E-state index is 4.69. The highest BCUT2D eigenvalue weighted by molar-refractivity contribution is 5.34. The normalized spacial score (nSPS) is 16.4. The summed E-state index contributed by atoms with van der Waals surface area (Å²) in [7, 11) is 0. The minimum Gasteiger partial charge on any atom is -0.338 e. The van der Waals surface area contributed by atoms with E-state index in [9.17, 15) is 0 Å². The van der Waals surface area contributed by atoms with Crippen LogP contribution in [-0.4, -0.2) is 28.6 Å². The van der Waals surface area contributed by atoms with Crippen molar-refractivity contribution in [1.82, 2.24) is 15.3 Å². The van der Waals surface area contributed by atoms with Gasteiger partial charge in [0.05, 0.1) is 0 Å². The second-order valence-corrected chi connectivity index (χ2v) is 5.48. The molecule has 0 aromatic carbocycles. The molecule has 1 N–H and O–H groups in total. The molecule has 1 aromatic heterocycles. The van der Waals surface area contributed by atoms with Gasteiger partial charge in [0.2, 0.25) is 5.95 Å². The number of rotatable bonds is 7. The Balaban J connectivity index is 2.07. The molecule has 1 atom stereocenters. The molecule has 1 heterocycles. The van der Waals surface area contributed by atoms with Crippen molar-refractivity contribution in [2.75, 3.05) is 11.4 Å². The summed E-state index contributed by atoms with van der Waals surface area (Å²) in [4.78, 5) is 11.5. The molecule has 0 radical (unpaired) electrons. The number of nitrogens with zero attached hydrogens (tertiary/aromatic N) is 3. The molecule has 1 saturated carbocycles. The van der Waals surface area contributed by atoms with Crippen LogP contribution in [0.2, 0.25) is 0 Å².